The van der Waals surface area contributed by atoms with Crippen LogP contribution in [0.1, 0.15) is 11.1 Å². The molecule has 3 rings (SSSR count). The Morgan fingerprint density at radius 1 is 0.939 bits per heavy atom. The van der Waals surface area contributed by atoms with Gasteiger partial charge in [0.2, 0.25) is 5.91 Å². The van der Waals surface area contributed by atoms with Gasteiger partial charge < -0.3 is 19.7 Å². The molecule has 33 heavy (non-hydrogen) atoms. The molecule has 3 aromatic carbocycles. The first-order valence-corrected chi connectivity index (χ1v) is 11.4. The largest absolute Gasteiger partial charge is 0.497 e. The summed E-state index contributed by atoms with van der Waals surface area (Å²) in [6.45, 7) is 0.0811. The SMILES string of the molecule is CNC(=O)C(Cc1ccccc1)N(Cc1cccc(Br)c1)C(=O)COc1ccc(OC)cc1. The molecular weight excluding hydrogens is 484 g/mol. The van der Waals surface area contributed by atoms with Crippen molar-refractivity contribution in [2.24, 2.45) is 0 Å². The van der Waals surface area contributed by atoms with Gasteiger partial charge in [-0.1, -0.05) is 58.4 Å². The molecule has 1 unspecified atom stereocenters. The summed E-state index contributed by atoms with van der Waals surface area (Å²) >= 11 is 3.48. The average molecular weight is 511 g/mol. The molecule has 0 aromatic heterocycles. The lowest BCUT2D eigenvalue weighted by molar-refractivity contribution is -0.142. The maximum atomic E-state index is 13.4. The lowest BCUT2D eigenvalue weighted by atomic mass is 10.0. The highest BCUT2D eigenvalue weighted by atomic mass is 79.9. The van der Waals surface area contributed by atoms with Gasteiger partial charge in [-0.15, -0.1) is 0 Å². The number of rotatable bonds is 10. The third-order valence-electron chi connectivity index (χ3n) is 5.18. The number of halogens is 1. The van der Waals surface area contributed by atoms with Gasteiger partial charge in [-0.3, -0.25) is 9.59 Å². The average Bonchev–Trinajstić information content (AvgIpc) is 2.85. The van der Waals surface area contributed by atoms with Crippen molar-refractivity contribution < 1.29 is 19.1 Å². The van der Waals surface area contributed by atoms with Gasteiger partial charge in [0.05, 0.1) is 7.11 Å². The summed E-state index contributed by atoms with van der Waals surface area (Å²) in [5.41, 5.74) is 1.87. The van der Waals surface area contributed by atoms with E-state index in [0.717, 1.165) is 15.6 Å². The molecule has 0 aliphatic carbocycles. The van der Waals surface area contributed by atoms with E-state index in [1.807, 2.05) is 54.6 Å². The minimum absolute atomic E-state index is 0.192. The van der Waals surface area contributed by atoms with Gasteiger partial charge in [0, 0.05) is 24.5 Å². The van der Waals surface area contributed by atoms with Crippen molar-refractivity contribution in [3.05, 3.63) is 94.5 Å². The molecule has 0 bridgehead atoms. The summed E-state index contributed by atoms with van der Waals surface area (Å²) in [6.07, 6.45) is 0.392. The second-order valence-electron chi connectivity index (χ2n) is 7.44. The Hall–Kier alpha value is -3.32. The van der Waals surface area contributed by atoms with Crippen molar-refractivity contribution in [2.75, 3.05) is 20.8 Å². The van der Waals surface area contributed by atoms with Crippen molar-refractivity contribution in [1.29, 1.82) is 0 Å². The van der Waals surface area contributed by atoms with Gasteiger partial charge in [-0.2, -0.15) is 0 Å². The summed E-state index contributed by atoms with van der Waals surface area (Å²) in [5.74, 6) is 0.737. The number of ether oxygens (including phenoxy) is 2. The molecule has 0 aliphatic heterocycles. The third kappa shape index (κ3) is 7.08. The molecule has 7 heteroatoms. The second-order valence-corrected chi connectivity index (χ2v) is 8.35. The molecule has 3 aromatic rings. The zero-order valence-electron chi connectivity index (χ0n) is 18.7. The summed E-state index contributed by atoms with van der Waals surface area (Å²) in [6, 6.07) is 23.7. The fourth-order valence-corrected chi connectivity index (χ4v) is 3.90. The van der Waals surface area contributed by atoms with Gasteiger partial charge in [-0.05, 0) is 47.5 Å². The van der Waals surface area contributed by atoms with E-state index in [0.29, 0.717) is 17.9 Å². The van der Waals surface area contributed by atoms with E-state index in [9.17, 15) is 9.59 Å². The highest BCUT2D eigenvalue weighted by molar-refractivity contribution is 9.10. The van der Waals surface area contributed by atoms with Crippen LogP contribution in [-0.2, 0) is 22.6 Å². The smallest absolute Gasteiger partial charge is 0.261 e. The van der Waals surface area contributed by atoms with E-state index in [1.165, 1.54) is 0 Å². The van der Waals surface area contributed by atoms with Crippen molar-refractivity contribution in [3.63, 3.8) is 0 Å². The van der Waals surface area contributed by atoms with Gasteiger partial charge in [0.25, 0.3) is 5.91 Å². The van der Waals surface area contributed by atoms with Crippen LogP contribution in [0.4, 0.5) is 0 Å². The van der Waals surface area contributed by atoms with Crippen molar-refractivity contribution in [1.82, 2.24) is 10.2 Å². The van der Waals surface area contributed by atoms with Crippen molar-refractivity contribution in [2.45, 2.75) is 19.0 Å². The van der Waals surface area contributed by atoms with E-state index < -0.39 is 6.04 Å². The minimum Gasteiger partial charge on any atom is -0.497 e. The van der Waals surface area contributed by atoms with Crippen LogP contribution in [0.2, 0.25) is 0 Å². The number of methoxy groups -OCH3 is 1. The lowest BCUT2D eigenvalue weighted by Crippen LogP contribution is -2.51. The molecule has 172 valence electrons. The number of nitrogens with zero attached hydrogens (tertiary/aromatic N) is 1. The van der Waals surface area contributed by atoms with E-state index in [2.05, 4.69) is 21.2 Å². The predicted molar refractivity (Wildman–Crippen MR) is 131 cm³/mol. The first kappa shape index (κ1) is 24.3. The molecule has 0 saturated carbocycles. The van der Waals surface area contributed by atoms with Crippen molar-refractivity contribution >= 4 is 27.7 Å². The van der Waals surface area contributed by atoms with Crippen molar-refractivity contribution in [3.8, 4) is 11.5 Å². The normalized spacial score (nSPS) is 11.4. The Balaban J connectivity index is 1.85. The number of amides is 2. The number of hydrogen-bond donors (Lipinski definition) is 1. The number of carbonyl (C=O) groups is 2. The molecule has 0 spiro atoms. The Morgan fingerprint density at radius 3 is 2.24 bits per heavy atom. The minimum atomic E-state index is -0.691. The quantitative estimate of drug-likeness (QED) is 0.443. The highest BCUT2D eigenvalue weighted by Crippen LogP contribution is 2.20. The van der Waals surface area contributed by atoms with Gasteiger partial charge in [0.1, 0.15) is 17.5 Å². The fraction of sp³-hybridized carbons (Fsp3) is 0.231. The summed E-state index contributed by atoms with van der Waals surface area (Å²) in [5, 5.41) is 2.71. The number of hydrogen-bond acceptors (Lipinski definition) is 4. The monoisotopic (exact) mass is 510 g/mol. The molecule has 1 N–H and O–H groups in total. The first-order valence-electron chi connectivity index (χ1n) is 10.6. The molecule has 1 atom stereocenters. The Kier molecular flexibility index (Phi) is 8.89. The Bertz CT molecular complexity index is 1060. The first-order chi connectivity index (χ1) is 16.0. The highest BCUT2D eigenvalue weighted by Gasteiger charge is 2.30. The van der Waals surface area contributed by atoms with Crippen LogP contribution in [0, 0.1) is 0 Å². The summed E-state index contributed by atoms with van der Waals surface area (Å²) in [7, 11) is 3.17. The molecule has 0 saturated heterocycles. The van der Waals surface area contributed by atoms with E-state index >= 15 is 0 Å². The van der Waals surface area contributed by atoms with E-state index in [1.54, 1.807) is 43.3 Å². The molecule has 0 heterocycles. The lowest BCUT2D eigenvalue weighted by Gasteiger charge is -2.31. The molecular formula is C26H27BrN2O4. The zero-order valence-corrected chi connectivity index (χ0v) is 20.2. The topological polar surface area (TPSA) is 67.9 Å². The maximum Gasteiger partial charge on any atom is 0.261 e. The number of benzene rings is 3. The maximum absolute atomic E-state index is 13.4. The fourth-order valence-electron chi connectivity index (χ4n) is 3.45. The predicted octanol–water partition coefficient (Wildman–Crippen LogP) is 4.22. The second kappa shape index (κ2) is 12.1. The third-order valence-corrected chi connectivity index (χ3v) is 5.67. The Morgan fingerprint density at radius 2 is 1.61 bits per heavy atom. The molecule has 0 fully saturated rings. The van der Waals surface area contributed by atoms with Crippen LogP contribution in [0.15, 0.2) is 83.3 Å². The summed E-state index contributed by atoms with van der Waals surface area (Å²) in [4.78, 5) is 27.8. The number of likely N-dealkylation sites (N-methyl/N-ethyl adjacent to an activating group) is 1. The molecule has 2 amide bonds. The number of carbonyl (C=O) groups excluding carboxylic acids is 2. The zero-order chi connectivity index (χ0) is 23.6. The van der Waals surface area contributed by atoms with Crippen LogP contribution in [0.25, 0.3) is 0 Å². The van der Waals surface area contributed by atoms with Gasteiger partial charge in [-0.25, -0.2) is 0 Å². The van der Waals surface area contributed by atoms with Crippen LogP contribution >= 0.6 is 15.9 Å². The summed E-state index contributed by atoms with van der Waals surface area (Å²) < 4.78 is 11.8. The van der Waals surface area contributed by atoms with Gasteiger partial charge in [0.15, 0.2) is 6.61 Å². The van der Waals surface area contributed by atoms with Crippen LogP contribution in [0.3, 0.4) is 0 Å². The number of nitrogens with one attached hydrogen (secondary N) is 1. The molecule has 0 aliphatic rings. The van der Waals surface area contributed by atoms with E-state index in [4.69, 9.17) is 9.47 Å². The van der Waals surface area contributed by atoms with Crippen LogP contribution < -0.4 is 14.8 Å². The standard InChI is InChI=1S/C26H27BrN2O4/c1-28-26(31)24(16-19-7-4-3-5-8-19)29(17-20-9-6-10-21(27)15-20)25(30)18-33-23-13-11-22(32-2)12-14-23/h3-15,24H,16-18H2,1-2H3,(H,28,31). The van der Waals surface area contributed by atoms with Crippen LogP contribution in [-0.4, -0.2) is 43.5 Å². The van der Waals surface area contributed by atoms with E-state index in [-0.39, 0.29) is 25.0 Å². The van der Waals surface area contributed by atoms with Gasteiger partial charge >= 0.3 is 0 Å². The van der Waals surface area contributed by atoms with Crippen LogP contribution in [0.5, 0.6) is 11.5 Å². The molecule has 6 nitrogen and oxygen atoms in total. The molecule has 0 radical (unpaired) electrons. The Labute approximate surface area is 202 Å².